The number of carboxylic acid groups (broad SMARTS) is 1. The van der Waals surface area contributed by atoms with Crippen molar-refractivity contribution in [2.75, 3.05) is 20.2 Å². The van der Waals surface area contributed by atoms with E-state index in [2.05, 4.69) is 10.1 Å². The van der Waals surface area contributed by atoms with E-state index in [4.69, 9.17) is 14.4 Å². The average molecular weight is 396 g/mol. The number of likely N-dealkylation sites (tertiary alicyclic amines) is 1. The molecule has 0 bridgehead atoms. The van der Waals surface area contributed by atoms with Crippen LogP contribution >= 0.6 is 12.4 Å². The number of aryl methyl sites for hydroxylation is 1. The first-order valence-corrected chi connectivity index (χ1v) is 8.54. The van der Waals surface area contributed by atoms with Crippen LogP contribution in [0.1, 0.15) is 25.2 Å². The third kappa shape index (κ3) is 5.19. The number of carbonyl (C=O) groups excluding carboxylic acids is 1. The van der Waals surface area contributed by atoms with Gasteiger partial charge in [-0.15, -0.1) is 12.4 Å². The highest BCUT2D eigenvalue weighted by Gasteiger charge is 2.30. The number of aromatic nitrogens is 2. The summed E-state index contributed by atoms with van der Waals surface area (Å²) in [5, 5.41) is 12.9. The van der Waals surface area contributed by atoms with Crippen molar-refractivity contribution in [2.24, 2.45) is 5.92 Å². The molecule has 1 aliphatic heterocycles. The Bertz CT molecular complexity index is 778. The third-order valence-corrected chi connectivity index (χ3v) is 4.49. The smallest absolute Gasteiger partial charge is 0.308 e. The standard InChI is InChI=1S/C18H21N3O5.ClH/c1-25-14-7-5-12(6-8-14)17-19-15(26-20-17)3-2-4-16(22)21-10-9-13(11-21)18(23)24;/h5-8,13H,2-4,9-11H2,1H3,(H,23,24);1H. The Morgan fingerprint density at radius 1 is 1.33 bits per heavy atom. The van der Waals surface area contributed by atoms with Gasteiger partial charge in [0.25, 0.3) is 0 Å². The number of carbonyl (C=O) groups is 2. The number of hydrogen-bond donors (Lipinski definition) is 1. The van der Waals surface area contributed by atoms with Gasteiger partial charge >= 0.3 is 5.97 Å². The van der Waals surface area contributed by atoms with E-state index in [1.807, 2.05) is 24.3 Å². The predicted octanol–water partition coefficient (Wildman–Crippen LogP) is 2.42. The normalized spacial score (nSPS) is 16.0. The topological polar surface area (TPSA) is 106 Å². The number of halogens is 1. The molecule has 1 aromatic carbocycles. The maximum Gasteiger partial charge on any atom is 0.308 e. The number of methoxy groups -OCH3 is 1. The van der Waals surface area contributed by atoms with Gasteiger partial charge in [0, 0.05) is 31.5 Å². The number of rotatable bonds is 7. The van der Waals surface area contributed by atoms with Crippen LogP contribution in [0, 0.1) is 5.92 Å². The van der Waals surface area contributed by atoms with Gasteiger partial charge in [-0.2, -0.15) is 4.98 Å². The van der Waals surface area contributed by atoms with E-state index >= 15 is 0 Å². The third-order valence-electron chi connectivity index (χ3n) is 4.49. The summed E-state index contributed by atoms with van der Waals surface area (Å²) in [5.41, 5.74) is 0.827. The summed E-state index contributed by atoms with van der Waals surface area (Å²) in [6.07, 6.45) is 1.95. The largest absolute Gasteiger partial charge is 0.497 e. The zero-order valence-corrected chi connectivity index (χ0v) is 15.8. The van der Waals surface area contributed by atoms with Crippen LogP contribution in [0.25, 0.3) is 11.4 Å². The van der Waals surface area contributed by atoms with Crippen molar-refractivity contribution in [1.29, 1.82) is 0 Å². The summed E-state index contributed by atoms with van der Waals surface area (Å²) in [6.45, 7) is 0.814. The van der Waals surface area contributed by atoms with Crippen molar-refractivity contribution in [3.8, 4) is 17.1 Å². The van der Waals surface area contributed by atoms with Crippen LogP contribution in [0.4, 0.5) is 0 Å². The van der Waals surface area contributed by atoms with Crippen molar-refractivity contribution >= 4 is 24.3 Å². The number of hydrogen-bond acceptors (Lipinski definition) is 6. The monoisotopic (exact) mass is 395 g/mol. The maximum absolute atomic E-state index is 12.1. The molecule has 1 unspecified atom stereocenters. The summed E-state index contributed by atoms with van der Waals surface area (Å²) in [6, 6.07) is 7.35. The second kappa shape index (κ2) is 9.36. The van der Waals surface area contributed by atoms with Gasteiger partial charge in [-0.25, -0.2) is 0 Å². The van der Waals surface area contributed by atoms with Gasteiger partial charge in [0.05, 0.1) is 13.0 Å². The van der Waals surface area contributed by atoms with E-state index in [0.29, 0.717) is 50.5 Å². The molecule has 0 spiro atoms. The highest BCUT2D eigenvalue weighted by Crippen LogP contribution is 2.21. The molecule has 1 aromatic heterocycles. The molecule has 1 N–H and O–H groups in total. The van der Waals surface area contributed by atoms with Crippen LogP contribution in [0.3, 0.4) is 0 Å². The molecule has 1 saturated heterocycles. The SMILES string of the molecule is COc1ccc(-c2noc(CCCC(=O)N3CCC(C(=O)O)C3)n2)cc1.Cl. The van der Waals surface area contributed by atoms with Gasteiger partial charge in [0.15, 0.2) is 0 Å². The number of carboxylic acids is 1. The number of benzene rings is 1. The second-order valence-corrected chi connectivity index (χ2v) is 6.26. The average Bonchev–Trinajstić information content (AvgIpc) is 3.31. The first kappa shape index (κ1) is 20.7. The Labute approximate surface area is 162 Å². The van der Waals surface area contributed by atoms with Crippen molar-refractivity contribution in [1.82, 2.24) is 15.0 Å². The summed E-state index contributed by atoms with van der Waals surface area (Å²) < 4.78 is 10.4. The Morgan fingerprint density at radius 2 is 2.07 bits per heavy atom. The fourth-order valence-electron chi connectivity index (χ4n) is 2.95. The fraction of sp³-hybridized carbons (Fsp3) is 0.444. The van der Waals surface area contributed by atoms with Crippen molar-refractivity contribution in [2.45, 2.75) is 25.7 Å². The second-order valence-electron chi connectivity index (χ2n) is 6.26. The highest BCUT2D eigenvalue weighted by molar-refractivity contribution is 5.85. The molecule has 3 rings (SSSR count). The lowest BCUT2D eigenvalue weighted by atomic mass is 10.1. The van der Waals surface area contributed by atoms with Crippen LogP contribution < -0.4 is 4.74 Å². The van der Waals surface area contributed by atoms with Gasteiger partial charge in [0.1, 0.15) is 5.75 Å². The molecule has 27 heavy (non-hydrogen) atoms. The minimum atomic E-state index is -0.836. The maximum atomic E-state index is 12.1. The van der Waals surface area contributed by atoms with E-state index in [-0.39, 0.29) is 18.3 Å². The van der Waals surface area contributed by atoms with Crippen molar-refractivity contribution in [3.05, 3.63) is 30.2 Å². The molecule has 146 valence electrons. The molecule has 1 aliphatic rings. The number of aliphatic carboxylic acids is 1. The van der Waals surface area contributed by atoms with Crippen LogP contribution in [0.5, 0.6) is 5.75 Å². The molecule has 8 nitrogen and oxygen atoms in total. The van der Waals surface area contributed by atoms with Crippen LogP contribution in [0.2, 0.25) is 0 Å². The Kier molecular flexibility index (Phi) is 7.18. The van der Waals surface area contributed by atoms with Crippen LogP contribution in [-0.4, -0.2) is 52.2 Å². The Hall–Kier alpha value is -2.61. The van der Waals surface area contributed by atoms with Gasteiger partial charge < -0.3 is 19.3 Å². The molecule has 0 radical (unpaired) electrons. The minimum Gasteiger partial charge on any atom is -0.497 e. The van der Waals surface area contributed by atoms with Gasteiger partial charge in [-0.05, 0) is 37.1 Å². The summed E-state index contributed by atoms with van der Waals surface area (Å²) in [4.78, 5) is 29.1. The lowest BCUT2D eigenvalue weighted by Gasteiger charge is -2.15. The highest BCUT2D eigenvalue weighted by atomic mass is 35.5. The lowest BCUT2D eigenvalue weighted by Crippen LogP contribution is -2.29. The van der Waals surface area contributed by atoms with Crippen molar-refractivity contribution in [3.63, 3.8) is 0 Å². The molecule has 1 fully saturated rings. The van der Waals surface area contributed by atoms with Crippen LogP contribution in [-0.2, 0) is 16.0 Å². The zero-order chi connectivity index (χ0) is 18.5. The van der Waals surface area contributed by atoms with E-state index in [9.17, 15) is 9.59 Å². The summed E-state index contributed by atoms with van der Waals surface area (Å²) in [5.74, 6) is 0.428. The Morgan fingerprint density at radius 3 is 2.70 bits per heavy atom. The van der Waals surface area contributed by atoms with Crippen molar-refractivity contribution < 1.29 is 24.0 Å². The molecule has 2 aromatic rings. The fourth-order valence-corrected chi connectivity index (χ4v) is 2.95. The van der Waals surface area contributed by atoms with E-state index in [1.54, 1.807) is 12.0 Å². The first-order valence-electron chi connectivity index (χ1n) is 8.54. The first-order chi connectivity index (χ1) is 12.6. The molecular formula is C18H22ClN3O5. The predicted molar refractivity (Wildman–Crippen MR) is 98.8 cm³/mol. The molecule has 2 heterocycles. The number of amides is 1. The van der Waals surface area contributed by atoms with Crippen LogP contribution in [0.15, 0.2) is 28.8 Å². The molecule has 1 atom stereocenters. The summed E-state index contributed by atoms with van der Waals surface area (Å²) in [7, 11) is 1.60. The minimum absolute atomic E-state index is 0. The van der Waals surface area contributed by atoms with Gasteiger partial charge in [-0.3, -0.25) is 9.59 Å². The van der Waals surface area contributed by atoms with Gasteiger partial charge in [0.2, 0.25) is 17.6 Å². The van der Waals surface area contributed by atoms with E-state index < -0.39 is 11.9 Å². The number of nitrogens with zero attached hydrogens (tertiary/aromatic N) is 3. The molecule has 0 aliphatic carbocycles. The van der Waals surface area contributed by atoms with Gasteiger partial charge in [-0.1, -0.05) is 5.16 Å². The quantitative estimate of drug-likeness (QED) is 0.767. The molecule has 1 amide bonds. The zero-order valence-electron chi connectivity index (χ0n) is 15.0. The molecular weight excluding hydrogens is 374 g/mol. The van der Waals surface area contributed by atoms with E-state index in [1.165, 1.54) is 0 Å². The molecule has 9 heteroatoms. The molecule has 0 saturated carbocycles. The Balaban J connectivity index is 0.00000261. The number of ether oxygens (including phenoxy) is 1. The lowest BCUT2D eigenvalue weighted by molar-refractivity contribution is -0.141. The summed E-state index contributed by atoms with van der Waals surface area (Å²) >= 11 is 0. The van der Waals surface area contributed by atoms with E-state index in [0.717, 1.165) is 11.3 Å².